The topological polar surface area (TPSA) is 105 Å². The van der Waals surface area contributed by atoms with Crippen molar-refractivity contribution in [1.82, 2.24) is 0 Å². The van der Waals surface area contributed by atoms with E-state index in [2.05, 4.69) is 5.16 Å². The van der Waals surface area contributed by atoms with Crippen molar-refractivity contribution in [3.8, 4) is 0 Å². The van der Waals surface area contributed by atoms with Crippen molar-refractivity contribution in [2.24, 2.45) is 10.9 Å². The Morgan fingerprint density at radius 2 is 2.05 bits per heavy atom. The number of ether oxygens (including phenoxy) is 1. The predicted octanol–water partition coefficient (Wildman–Crippen LogP) is 0.996. The number of rotatable bonds is 9. The van der Waals surface area contributed by atoms with Gasteiger partial charge < -0.3 is 15.7 Å². The molecule has 0 aromatic heterocycles. The molecule has 0 saturated heterocycles. The van der Waals surface area contributed by atoms with Gasteiger partial charge in [-0.15, -0.1) is 0 Å². The van der Waals surface area contributed by atoms with Crippen LogP contribution in [0.4, 0.5) is 5.69 Å². The van der Waals surface area contributed by atoms with Crippen LogP contribution in [0.3, 0.4) is 0 Å². The molecule has 0 spiro atoms. The Hall–Kier alpha value is -1.80. The van der Waals surface area contributed by atoms with E-state index in [0.29, 0.717) is 12.3 Å². The number of benzene rings is 1. The van der Waals surface area contributed by atoms with Crippen LogP contribution >= 0.6 is 0 Å². The highest BCUT2D eigenvalue weighted by Gasteiger charge is 2.22. The molecule has 0 unspecified atom stereocenters. The summed E-state index contributed by atoms with van der Waals surface area (Å²) in [5, 5.41) is 11.4. The van der Waals surface area contributed by atoms with Crippen molar-refractivity contribution < 1.29 is 18.4 Å². The number of hydrogen-bond acceptors (Lipinski definition) is 5. The third-order valence-corrected chi connectivity index (χ3v) is 4.52. The fourth-order valence-corrected chi connectivity index (χ4v) is 3.07. The summed E-state index contributed by atoms with van der Waals surface area (Å²) in [5.41, 5.74) is 5.96. The van der Waals surface area contributed by atoms with Crippen LogP contribution in [0.25, 0.3) is 0 Å². The van der Waals surface area contributed by atoms with E-state index in [9.17, 15) is 8.42 Å². The molecule has 0 heterocycles. The monoisotopic (exact) mass is 315 g/mol. The number of sulfonamides is 1. The van der Waals surface area contributed by atoms with Crippen LogP contribution in [0.5, 0.6) is 0 Å². The van der Waals surface area contributed by atoms with Crippen molar-refractivity contribution in [1.29, 1.82) is 0 Å². The van der Waals surface area contributed by atoms with Gasteiger partial charge in [-0.1, -0.05) is 23.4 Å². The van der Waals surface area contributed by atoms with Crippen LogP contribution in [0.2, 0.25) is 0 Å². The van der Waals surface area contributed by atoms with Crippen LogP contribution in [-0.2, 0) is 14.8 Å². The Kier molecular flexibility index (Phi) is 6.97. The average Bonchev–Trinajstić information content (AvgIpc) is 2.48. The van der Waals surface area contributed by atoms with Gasteiger partial charge in [0, 0.05) is 19.6 Å². The van der Waals surface area contributed by atoms with Gasteiger partial charge in [0.2, 0.25) is 10.0 Å². The molecule has 7 nitrogen and oxygen atoms in total. The maximum Gasteiger partial charge on any atom is 0.237 e. The van der Waals surface area contributed by atoms with Gasteiger partial charge in [-0.3, -0.25) is 4.31 Å². The van der Waals surface area contributed by atoms with Crippen LogP contribution in [0.1, 0.15) is 13.3 Å². The van der Waals surface area contributed by atoms with E-state index in [1.165, 1.54) is 4.31 Å². The molecule has 0 aliphatic carbocycles. The largest absolute Gasteiger partial charge is 0.409 e. The molecule has 0 bridgehead atoms. The van der Waals surface area contributed by atoms with E-state index >= 15 is 0 Å². The number of amidine groups is 1. The first-order chi connectivity index (χ1) is 10.0. The number of nitrogens with two attached hydrogens (primary N) is 1. The zero-order valence-corrected chi connectivity index (χ0v) is 12.8. The zero-order chi connectivity index (χ0) is 15.7. The lowest BCUT2D eigenvalue weighted by molar-refractivity contribution is 0.163. The molecule has 118 valence electrons. The third kappa shape index (κ3) is 5.60. The molecule has 0 aliphatic rings. The van der Waals surface area contributed by atoms with Crippen molar-refractivity contribution in [2.45, 2.75) is 13.3 Å². The first-order valence-electron chi connectivity index (χ1n) is 6.61. The van der Waals surface area contributed by atoms with Gasteiger partial charge in [-0.25, -0.2) is 8.42 Å². The van der Waals surface area contributed by atoms with Crippen molar-refractivity contribution in [3.63, 3.8) is 0 Å². The quantitative estimate of drug-likeness (QED) is 0.232. The number of hydrogen-bond donors (Lipinski definition) is 2. The molecule has 0 fully saturated rings. The Morgan fingerprint density at radius 1 is 1.38 bits per heavy atom. The predicted molar refractivity (Wildman–Crippen MR) is 82.1 cm³/mol. The summed E-state index contributed by atoms with van der Waals surface area (Å²) < 4.78 is 31.2. The second-order valence-electron chi connectivity index (χ2n) is 4.26. The summed E-state index contributed by atoms with van der Waals surface area (Å²) >= 11 is 0. The fourth-order valence-electron chi connectivity index (χ4n) is 1.71. The minimum absolute atomic E-state index is 0.0176. The Morgan fingerprint density at radius 3 is 2.62 bits per heavy atom. The molecule has 1 aromatic carbocycles. The maximum atomic E-state index is 12.4. The standard InChI is InChI=1S/C13H21N3O4S/c1-2-20-10-11-21(18,19)16(9-8-13(14)15-17)12-6-4-3-5-7-12/h3-7,17H,2,8-11H2,1H3,(H2,14,15). The molecule has 0 atom stereocenters. The second-order valence-corrected chi connectivity index (χ2v) is 6.27. The fraction of sp³-hybridized carbons (Fsp3) is 0.462. The van der Waals surface area contributed by atoms with Crippen molar-refractivity contribution in [2.75, 3.05) is 29.8 Å². The van der Waals surface area contributed by atoms with Gasteiger partial charge in [0.25, 0.3) is 0 Å². The SMILES string of the molecule is CCOCCS(=O)(=O)N(CCC(N)=NO)c1ccccc1. The van der Waals surface area contributed by atoms with E-state index < -0.39 is 10.0 Å². The summed E-state index contributed by atoms with van der Waals surface area (Å²) in [6, 6.07) is 8.71. The normalized spacial score (nSPS) is 12.3. The molecular formula is C13H21N3O4S. The average molecular weight is 315 g/mol. The summed E-state index contributed by atoms with van der Waals surface area (Å²) in [7, 11) is -3.54. The molecule has 0 radical (unpaired) electrons. The van der Waals surface area contributed by atoms with E-state index in [1.54, 1.807) is 37.3 Å². The first-order valence-corrected chi connectivity index (χ1v) is 8.21. The van der Waals surface area contributed by atoms with E-state index in [1.807, 2.05) is 0 Å². The summed E-state index contributed by atoms with van der Waals surface area (Å²) in [5.74, 6) is -0.137. The molecule has 0 amide bonds. The lowest BCUT2D eigenvalue weighted by atomic mass is 10.3. The van der Waals surface area contributed by atoms with Gasteiger partial charge in [0.1, 0.15) is 5.84 Å². The van der Waals surface area contributed by atoms with E-state index in [0.717, 1.165) is 0 Å². The Balaban J connectivity index is 2.91. The van der Waals surface area contributed by atoms with Crippen LogP contribution in [-0.4, -0.2) is 45.0 Å². The van der Waals surface area contributed by atoms with Crippen LogP contribution < -0.4 is 10.0 Å². The molecule has 3 N–H and O–H groups in total. The van der Waals surface area contributed by atoms with Gasteiger partial charge >= 0.3 is 0 Å². The zero-order valence-electron chi connectivity index (χ0n) is 12.0. The lowest BCUT2D eigenvalue weighted by Gasteiger charge is -2.24. The molecule has 1 rings (SSSR count). The van der Waals surface area contributed by atoms with E-state index in [4.69, 9.17) is 15.7 Å². The van der Waals surface area contributed by atoms with Crippen molar-refractivity contribution in [3.05, 3.63) is 30.3 Å². The van der Waals surface area contributed by atoms with E-state index in [-0.39, 0.29) is 31.2 Å². The summed E-state index contributed by atoms with van der Waals surface area (Å²) in [6.45, 7) is 2.51. The first kappa shape index (κ1) is 17.3. The molecule has 8 heteroatoms. The molecule has 21 heavy (non-hydrogen) atoms. The van der Waals surface area contributed by atoms with Crippen molar-refractivity contribution >= 4 is 21.5 Å². The summed E-state index contributed by atoms with van der Waals surface area (Å²) in [6.07, 6.45) is 0.138. The number of anilines is 1. The molecule has 1 aromatic rings. The molecular weight excluding hydrogens is 294 g/mol. The maximum absolute atomic E-state index is 12.4. The lowest BCUT2D eigenvalue weighted by Crippen LogP contribution is -2.36. The minimum atomic E-state index is -3.54. The number of oxime groups is 1. The van der Waals surface area contributed by atoms with Gasteiger partial charge in [0.15, 0.2) is 0 Å². The number of nitrogens with zero attached hydrogens (tertiary/aromatic N) is 2. The minimum Gasteiger partial charge on any atom is -0.409 e. The smallest absolute Gasteiger partial charge is 0.237 e. The second kappa shape index (κ2) is 8.48. The van der Waals surface area contributed by atoms with Crippen LogP contribution in [0, 0.1) is 0 Å². The van der Waals surface area contributed by atoms with Gasteiger partial charge in [-0.05, 0) is 19.1 Å². The third-order valence-electron chi connectivity index (χ3n) is 2.77. The van der Waals surface area contributed by atoms with Gasteiger partial charge in [-0.2, -0.15) is 0 Å². The van der Waals surface area contributed by atoms with Gasteiger partial charge in [0.05, 0.1) is 18.0 Å². The molecule has 0 aliphatic heterocycles. The highest BCUT2D eigenvalue weighted by molar-refractivity contribution is 7.92. The Labute approximate surface area is 125 Å². The highest BCUT2D eigenvalue weighted by atomic mass is 32.2. The number of para-hydroxylation sites is 1. The molecule has 0 saturated carbocycles. The Bertz CT molecular complexity index is 546. The van der Waals surface area contributed by atoms with Crippen LogP contribution in [0.15, 0.2) is 35.5 Å². The highest BCUT2D eigenvalue weighted by Crippen LogP contribution is 2.18. The summed E-state index contributed by atoms with van der Waals surface area (Å²) in [4.78, 5) is 0.